The minimum absolute atomic E-state index is 0.000505. The number of aromatic nitrogens is 1. The van der Waals surface area contributed by atoms with Crippen LogP contribution in [0, 0.1) is 0 Å². The van der Waals surface area contributed by atoms with Gasteiger partial charge in [-0.2, -0.15) is 13.2 Å². The third-order valence-electron chi connectivity index (χ3n) is 2.10. The van der Waals surface area contributed by atoms with Crippen LogP contribution in [0.4, 0.5) is 13.2 Å². The van der Waals surface area contributed by atoms with Gasteiger partial charge < -0.3 is 10.2 Å². The van der Waals surface area contributed by atoms with Crippen LogP contribution in [0.5, 0.6) is 0 Å². The molecule has 4 nitrogen and oxygen atoms in total. The molecule has 0 saturated carbocycles. The van der Waals surface area contributed by atoms with Gasteiger partial charge in [0, 0.05) is 18.9 Å². The summed E-state index contributed by atoms with van der Waals surface area (Å²) in [6.45, 7) is 0. The first-order valence-corrected chi connectivity index (χ1v) is 4.23. The molecular formula is C8H7F3N2O2. The Labute approximate surface area is 82.3 Å². The molecule has 7 heteroatoms. The van der Waals surface area contributed by atoms with Crippen LogP contribution in [-0.4, -0.2) is 16.8 Å². The molecule has 0 bridgehead atoms. The summed E-state index contributed by atoms with van der Waals surface area (Å²) in [7, 11) is 0. The number of carbonyl (C=O) groups excluding carboxylic acids is 1. The molecule has 15 heavy (non-hydrogen) atoms. The monoisotopic (exact) mass is 220 g/mol. The minimum Gasteiger partial charge on any atom is -0.429 e. The van der Waals surface area contributed by atoms with Crippen molar-refractivity contribution in [2.45, 2.75) is 25.1 Å². The Bertz CT molecular complexity index is 411. The standard InChI is InChI=1S/C8H7F3N2O2/c9-8(10,11)7-13-4-1-3(12)2-5(14)6(4)15-7/h3H,1-2,12H2. The second kappa shape index (κ2) is 3.06. The normalized spacial score (nSPS) is 21.6. The SMILES string of the molecule is NC1CC(=O)c2oc(C(F)(F)F)nc2C1. The zero-order valence-corrected chi connectivity index (χ0v) is 7.47. The van der Waals surface area contributed by atoms with Crippen LogP contribution < -0.4 is 5.73 Å². The van der Waals surface area contributed by atoms with E-state index in [-0.39, 0.29) is 24.3 Å². The van der Waals surface area contributed by atoms with Crippen LogP contribution in [0.2, 0.25) is 0 Å². The Morgan fingerprint density at radius 3 is 2.67 bits per heavy atom. The molecule has 1 aliphatic carbocycles. The molecule has 0 amide bonds. The number of fused-ring (bicyclic) bond motifs is 1. The van der Waals surface area contributed by atoms with E-state index in [0.29, 0.717) is 0 Å². The predicted molar refractivity (Wildman–Crippen MR) is 42.1 cm³/mol. The molecular weight excluding hydrogens is 213 g/mol. The number of hydrogen-bond acceptors (Lipinski definition) is 4. The first-order chi connectivity index (χ1) is 6.88. The highest BCUT2D eigenvalue weighted by Gasteiger charge is 2.40. The summed E-state index contributed by atoms with van der Waals surface area (Å²) in [4.78, 5) is 14.5. The molecule has 1 unspecified atom stereocenters. The summed E-state index contributed by atoms with van der Waals surface area (Å²) in [5, 5.41) is 0. The number of alkyl halides is 3. The van der Waals surface area contributed by atoms with Gasteiger partial charge in [0.2, 0.25) is 5.78 Å². The van der Waals surface area contributed by atoms with Crippen molar-refractivity contribution in [3.8, 4) is 0 Å². The zero-order valence-electron chi connectivity index (χ0n) is 7.47. The van der Waals surface area contributed by atoms with E-state index in [0.717, 1.165) is 0 Å². The summed E-state index contributed by atoms with van der Waals surface area (Å²) < 4.78 is 41.0. The van der Waals surface area contributed by atoms with Crippen molar-refractivity contribution >= 4 is 5.78 Å². The number of ketones is 1. The zero-order chi connectivity index (χ0) is 11.2. The Morgan fingerprint density at radius 2 is 2.07 bits per heavy atom. The Hall–Kier alpha value is -1.37. The van der Waals surface area contributed by atoms with Gasteiger partial charge in [-0.25, -0.2) is 4.98 Å². The van der Waals surface area contributed by atoms with Gasteiger partial charge in [-0.05, 0) is 0 Å². The van der Waals surface area contributed by atoms with Crippen molar-refractivity contribution in [3.05, 3.63) is 17.3 Å². The molecule has 2 N–H and O–H groups in total. The smallest absolute Gasteiger partial charge is 0.429 e. The lowest BCUT2D eigenvalue weighted by atomic mass is 9.97. The molecule has 0 aliphatic heterocycles. The number of Topliss-reactive ketones (excluding diaryl/α,β-unsaturated/α-hetero) is 1. The Balaban J connectivity index is 2.44. The predicted octanol–water partition coefficient (Wildman–Crippen LogP) is 1.15. The third kappa shape index (κ3) is 1.74. The van der Waals surface area contributed by atoms with Crippen molar-refractivity contribution < 1.29 is 22.4 Å². The molecule has 0 fully saturated rings. The average molecular weight is 220 g/mol. The molecule has 1 heterocycles. The summed E-state index contributed by atoms with van der Waals surface area (Å²) in [6, 6.07) is -0.476. The average Bonchev–Trinajstić information content (AvgIpc) is 2.46. The van der Waals surface area contributed by atoms with Crippen LogP contribution in [0.25, 0.3) is 0 Å². The molecule has 0 aromatic carbocycles. The van der Waals surface area contributed by atoms with Crippen LogP contribution in [0.3, 0.4) is 0 Å². The van der Waals surface area contributed by atoms with E-state index in [4.69, 9.17) is 5.73 Å². The summed E-state index contributed by atoms with van der Waals surface area (Å²) >= 11 is 0. The van der Waals surface area contributed by atoms with Gasteiger partial charge in [0.1, 0.15) is 0 Å². The van der Waals surface area contributed by atoms with Crippen LogP contribution in [-0.2, 0) is 12.6 Å². The van der Waals surface area contributed by atoms with Gasteiger partial charge in [0.15, 0.2) is 5.76 Å². The molecule has 0 saturated heterocycles. The van der Waals surface area contributed by atoms with E-state index in [1.165, 1.54) is 0 Å². The maximum Gasteiger partial charge on any atom is 0.468 e. The maximum absolute atomic E-state index is 12.2. The molecule has 1 aliphatic rings. The quantitative estimate of drug-likeness (QED) is 0.712. The molecule has 0 spiro atoms. The fourth-order valence-electron chi connectivity index (χ4n) is 1.48. The van der Waals surface area contributed by atoms with E-state index >= 15 is 0 Å². The summed E-state index contributed by atoms with van der Waals surface area (Å²) in [5.74, 6) is -2.20. The van der Waals surface area contributed by atoms with Gasteiger partial charge >= 0.3 is 12.1 Å². The first kappa shape index (κ1) is 10.2. The summed E-state index contributed by atoms with van der Waals surface area (Å²) in [5.41, 5.74) is 5.48. The van der Waals surface area contributed by atoms with Crippen molar-refractivity contribution in [2.75, 3.05) is 0 Å². The topological polar surface area (TPSA) is 69.1 Å². The van der Waals surface area contributed by atoms with E-state index in [9.17, 15) is 18.0 Å². The van der Waals surface area contributed by atoms with Gasteiger partial charge in [0.05, 0.1) is 5.69 Å². The number of hydrogen-bond donors (Lipinski definition) is 1. The Morgan fingerprint density at radius 1 is 1.40 bits per heavy atom. The lowest BCUT2D eigenvalue weighted by Crippen LogP contribution is -2.31. The summed E-state index contributed by atoms with van der Waals surface area (Å²) in [6.07, 6.45) is -4.53. The molecule has 1 atom stereocenters. The fourth-order valence-corrected chi connectivity index (χ4v) is 1.48. The highest BCUT2D eigenvalue weighted by atomic mass is 19.4. The second-order valence-corrected chi connectivity index (χ2v) is 3.38. The lowest BCUT2D eigenvalue weighted by molar-refractivity contribution is -0.157. The first-order valence-electron chi connectivity index (χ1n) is 4.23. The lowest BCUT2D eigenvalue weighted by Gasteiger charge is -2.13. The largest absolute Gasteiger partial charge is 0.468 e. The van der Waals surface area contributed by atoms with Gasteiger partial charge in [0.25, 0.3) is 0 Å². The van der Waals surface area contributed by atoms with E-state index < -0.39 is 23.9 Å². The number of oxazole rings is 1. The van der Waals surface area contributed by atoms with Crippen molar-refractivity contribution in [1.82, 2.24) is 4.98 Å². The van der Waals surface area contributed by atoms with Crippen LogP contribution >= 0.6 is 0 Å². The van der Waals surface area contributed by atoms with Gasteiger partial charge in [-0.1, -0.05) is 0 Å². The molecule has 1 aromatic rings. The molecule has 0 radical (unpaired) electrons. The highest BCUT2D eigenvalue weighted by molar-refractivity contribution is 5.95. The Kier molecular flexibility index (Phi) is 2.07. The van der Waals surface area contributed by atoms with Crippen LogP contribution in [0.15, 0.2) is 4.42 Å². The van der Waals surface area contributed by atoms with E-state index in [2.05, 4.69) is 9.40 Å². The van der Waals surface area contributed by atoms with E-state index in [1.807, 2.05) is 0 Å². The molecule has 1 aromatic heterocycles. The maximum atomic E-state index is 12.2. The second-order valence-electron chi connectivity index (χ2n) is 3.38. The van der Waals surface area contributed by atoms with Gasteiger partial charge in [-0.15, -0.1) is 0 Å². The molecule has 2 rings (SSSR count). The third-order valence-corrected chi connectivity index (χ3v) is 2.10. The van der Waals surface area contributed by atoms with Crippen LogP contribution in [0.1, 0.15) is 28.6 Å². The van der Waals surface area contributed by atoms with Crippen molar-refractivity contribution in [2.24, 2.45) is 5.73 Å². The highest BCUT2D eigenvalue weighted by Crippen LogP contribution is 2.32. The fraction of sp³-hybridized carbons (Fsp3) is 0.500. The number of nitrogens with two attached hydrogens (primary N) is 1. The van der Waals surface area contributed by atoms with E-state index in [1.54, 1.807) is 0 Å². The number of halogens is 3. The van der Waals surface area contributed by atoms with Gasteiger partial charge in [-0.3, -0.25) is 4.79 Å². The van der Waals surface area contributed by atoms with Crippen molar-refractivity contribution in [3.63, 3.8) is 0 Å². The minimum atomic E-state index is -4.66. The molecule has 82 valence electrons. The van der Waals surface area contributed by atoms with Crippen molar-refractivity contribution in [1.29, 1.82) is 0 Å². The number of rotatable bonds is 0. The number of nitrogens with zero attached hydrogens (tertiary/aromatic N) is 1. The number of carbonyl (C=O) groups is 1.